The maximum Gasteiger partial charge on any atom is 0.333 e. The summed E-state index contributed by atoms with van der Waals surface area (Å²) in [7, 11) is 3.39. The van der Waals surface area contributed by atoms with Gasteiger partial charge in [0.2, 0.25) is 5.95 Å². The SMILES string of the molecule is Cc1ccccc1N(C(=O)Nc1ccc(C(F)(F)N(C)C2CCN(C)C2)cc1)c1nccc(-c2cccnc2)n1. The first kappa shape index (κ1) is 27.3. The van der Waals surface area contributed by atoms with Crippen molar-refractivity contribution < 1.29 is 13.6 Å². The summed E-state index contributed by atoms with van der Waals surface area (Å²) in [5.74, 6) is 0.166. The molecule has 0 aliphatic carbocycles. The Hall–Kier alpha value is -4.28. The number of nitrogens with zero attached hydrogens (tertiary/aromatic N) is 6. The summed E-state index contributed by atoms with van der Waals surface area (Å²) in [4.78, 5) is 31.4. The first-order valence-corrected chi connectivity index (χ1v) is 13.0. The van der Waals surface area contributed by atoms with E-state index in [-0.39, 0.29) is 17.6 Å². The Kier molecular flexibility index (Phi) is 7.81. The van der Waals surface area contributed by atoms with Crippen LogP contribution in [0.25, 0.3) is 11.3 Å². The summed E-state index contributed by atoms with van der Waals surface area (Å²) in [6, 6.07) is 14.6. The largest absolute Gasteiger partial charge is 0.333 e. The molecule has 0 spiro atoms. The highest BCUT2D eigenvalue weighted by atomic mass is 19.3. The summed E-state index contributed by atoms with van der Waals surface area (Å²) >= 11 is 0. The van der Waals surface area contributed by atoms with Crippen LogP contribution < -0.4 is 10.2 Å². The van der Waals surface area contributed by atoms with Gasteiger partial charge in [-0.1, -0.05) is 18.2 Å². The van der Waals surface area contributed by atoms with Crippen molar-refractivity contribution >= 4 is 23.4 Å². The molecule has 1 saturated heterocycles. The lowest BCUT2D eigenvalue weighted by molar-refractivity contribution is -0.158. The molecule has 206 valence electrons. The minimum Gasteiger partial charge on any atom is -0.307 e. The van der Waals surface area contributed by atoms with E-state index in [0.29, 0.717) is 30.0 Å². The fraction of sp³-hybridized carbons (Fsp3) is 0.267. The van der Waals surface area contributed by atoms with Gasteiger partial charge in [0.05, 0.1) is 11.4 Å². The lowest BCUT2D eigenvalue weighted by Crippen LogP contribution is -2.44. The van der Waals surface area contributed by atoms with Crippen molar-refractivity contribution in [1.82, 2.24) is 24.8 Å². The number of alkyl halides is 2. The Morgan fingerprint density at radius 1 is 1.05 bits per heavy atom. The number of anilines is 3. The summed E-state index contributed by atoms with van der Waals surface area (Å²) in [5.41, 5.74) is 3.05. The molecular weight excluding hydrogens is 512 g/mol. The molecule has 5 rings (SSSR count). The van der Waals surface area contributed by atoms with Gasteiger partial charge in [-0.3, -0.25) is 4.98 Å². The molecule has 2 aromatic carbocycles. The second kappa shape index (κ2) is 11.4. The number of carbonyl (C=O) groups is 1. The van der Waals surface area contributed by atoms with Crippen molar-refractivity contribution in [3.63, 3.8) is 0 Å². The van der Waals surface area contributed by atoms with Gasteiger partial charge < -0.3 is 10.2 Å². The Balaban J connectivity index is 1.40. The number of pyridine rings is 1. The van der Waals surface area contributed by atoms with E-state index in [2.05, 4.69) is 20.3 Å². The van der Waals surface area contributed by atoms with Crippen LogP contribution >= 0.6 is 0 Å². The van der Waals surface area contributed by atoms with Gasteiger partial charge in [-0.15, -0.1) is 0 Å². The number of carbonyl (C=O) groups excluding carboxylic acids is 1. The molecule has 1 aliphatic rings. The number of likely N-dealkylation sites (tertiary alicyclic amines) is 1. The highest BCUT2D eigenvalue weighted by molar-refractivity contribution is 6.06. The van der Waals surface area contributed by atoms with Gasteiger partial charge in [0.25, 0.3) is 0 Å². The number of halogens is 2. The molecule has 2 amide bonds. The lowest BCUT2D eigenvalue weighted by atomic mass is 10.1. The van der Waals surface area contributed by atoms with E-state index in [1.807, 2.05) is 43.1 Å². The predicted octanol–water partition coefficient (Wildman–Crippen LogP) is 5.90. The number of aryl methyl sites for hydroxylation is 1. The Morgan fingerprint density at radius 3 is 2.50 bits per heavy atom. The van der Waals surface area contributed by atoms with Crippen molar-refractivity contribution in [2.45, 2.75) is 25.4 Å². The number of rotatable bonds is 7. The van der Waals surface area contributed by atoms with E-state index in [9.17, 15) is 4.79 Å². The van der Waals surface area contributed by atoms with E-state index in [1.54, 1.807) is 36.8 Å². The maximum atomic E-state index is 15.3. The Morgan fingerprint density at radius 2 is 1.82 bits per heavy atom. The van der Waals surface area contributed by atoms with Gasteiger partial charge in [0.1, 0.15) is 0 Å². The summed E-state index contributed by atoms with van der Waals surface area (Å²) in [5, 5.41) is 2.82. The minimum absolute atomic E-state index is 0.134. The molecule has 8 nitrogen and oxygen atoms in total. The van der Waals surface area contributed by atoms with Crippen molar-refractivity contribution in [3.8, 4) is 11.3 Å². The van der Waals surface area contributed by atoms with Gasteiger partial charge in [-0.25, -0.2) is 24.6 Å². The monoisotopic (exact) mass is 543 g/mol. The van der Waals surface area contributed by atoms with E-state index in [1.165, 1.54) is 36.2 Å². The van der Waals surface area contributed by atoms with Crippen LogP contribution in [0.4, 0.5) is 30.9 Å². The third kappa shape index (κ3) is 5.68. The molecule has 1 N–H and O–H groups in total. The minimum atomic E-state index is -3.15. The Bertz CT molecular complexity index is 1470. The lowest BCUT2D eigenvalue weighted by Gasteiger charge is -2.32. The average molecular weight is 544 g/mol. The number of urea groups is 1. The fourth-order valence-corrected chi connectivity index (χ4v) is 4.85. The molecule has 10 heteroatoms. The zero-order valence-electron chi connectivity index (χ0n) is 22.6. The van der Waals surface area contributed by atoms with Gasteiger partial charge in [-0.05, 0) is 88.1 Å². The van der Waals surface area contributed by atoms with Crippen LogP contribution in [-0.2, 0) is 6.05 Å². The van der Waals surface area contributed by atoms with Gasteiger partial charge in [-0.2, -0.15) is 8.78 Å². The van der Waals surface area contributed by atoms with Crippen LogP contribution in [0, 0.1) is 6.92 Å². The smallest absolute Gasteiger partial charge is 0.307 e. The standard InChI is InChI=1S/C30H31F2N7O/c1-21-7-4-5-9-27(21)39(28-34-17-14-26(36-28)22-8-6-16-33-19-22)29(40)35-24-12-10-23(11-13-24)30(31,32)38(3)25-15-18-37(2)20-25/h4-14,16-17,19,25H,15,18,20H2,1-3H3,(H,35,40). The van der Waals surface area contributed by atoms with Crippen LogP contribution in [0.5, 0.6) is 0 Å². The van der Waals surface area contributed by atoms with Crippen LogP contribution in [0.15, 0.2) is 85.3 Å². The number of hydrogen-bond acceptors (Lipinski definition) is 6. The topological polar surface area (TPSA) is 77.5 Å². The molecule has 0 saturated carbocycles. The van der Waals surface area contributed by atoms with Crippen LogP contribution in [0.1, 0.15) is 17.5 Å². The summed E-state index contributed by atoms with van der Waals surface area (Å²) in [6.45, 7) is 3.28. The number of nitrogens with one attached hydrogen (secondary N) is 1. The van der Waals surface area contributed by atoms with Crippen LogP contribution in [-0.4, -0.2) is 64.0 Å². The first-order valence-electron chi connectivity index (χ1n) is 13.0. The first-order chi connectivity index (χ1) is 19.2. The van der Waals surface area contributed by atoms with E-state index < -0.39 is 12.1 Å². The molecule has 4 aromatic rings. The summed E-state index contributed by atoms with van der Waals surface area (Å²) < 4.78 is 30.6. The average Bonchev–Trinajstić information content (AvgIpc) is 3.41. The van der Waals surface area contributed by atoms with Gasteiger partial charge in [0, 0.05) is 48.0 Å². The molecule has 1 unspecified atom stereocenters. The van der Waals surface area contributed by atoms with E-state index >= 15 is 8.78 Å². The molecular formula is C30H31F2N7O. The molecule has 1 fully saturated rings. The molecule has 2 aromatic heterocycles. The molecule has 40 heavy (non-hydrogen) atoms. The van der Waals surface area contributed by atoms with Crippen molar-refractivity contribution in [2.24, 2.45) is 0 Å². The molecule has 3 heterocycles. The van der Waals surface area contributed by atoms with Crippen molar-refractivity contribution in [2.75, 3.05) is 37.4 Å². The normalized spacial score (nSPS) is 15.8. The third-order valence-electron chi connectivity index (χ3n) is 7.20. The predicted molar refractivity (Wildman–Crippen MR) is 152 cm³/mol. The number of aromatic nitrogens is 3. The number of likely N-dealkylation sites (N-methyl/N-ethyl adjacent to an activating group) is 2. The quantitative estimate of drug-likeness (QED) is 0.293. The van der Waals surface area contributed by atoms with Gasteiger partial charge in [0.15, 0.2) is 0 Å². The van der Waals surface area contributed by atoms with Crippen molar-refractivity contribution in [1.29, 1.82) is 0 Å². The molecule has 0 bridgehead atoms. The second-order valence-corrected chi connectivity index (χ2v) is 9.97. The second-order valence-electron chi connectivity index (χ2n) is 9.97. The highest BCUT2D eigenvalue weighted by Gasteiger charge is 2.42. The number of benzene rings is 2. The van der Waals surface area contributed by atoms with Gasteiger partial charge >= 0.3 is 12.1 Å². The summed E-state index contributed by atoms with van der Waals surface area (Å²) in [6.07, 6.45) is 5.63. The number of amides is 2. The number of para-hydroxylation sites is 1. The van der Waals surface area contributed by atoms with Crippen molar-refractivity contribution in [3.05, 3.63) is 96.4 Å². The third-order valence-corrected chi connectivity index (χ3v) is 7.20. The fourth-order valence-electron chi connectivity index (χ4n) is 4.85. The van der Waals surface area contributed by atoms with E-state index in [0.717, 1.165) is 22.6 Å². The highest BCUT2D eigenvalue weighted by Crippen LogP contribution is 2.35. The van der Waals surface area contributed by atoms with E-state index in [4.69, 9.17) is 0 Å². The molecule has 1 atom stereocenters. The maximum absolute atomic E-state index is 15.3. The number of hydrogen-bond donors (Lipinski definition) is 1. The zero-order valence-corrected chi connectivity index (χ0v) is 22.6. The zero-order chi connectivity index (χ0) is 28.3. The van der Waals surface area contributed by atoms with Crippen LogP contribution in [0.2, 0.25) is 0 Å². The van der Waals surface area contributed by atoms with Crippen LogP contribution in [0.3, 0.4) is 0 Å². The Labute approximate surface area is 232 Å². The molecule has 0 radical (unpaired) electrons. The molecule has 1 aliphatic heterocycles.